The molecule has 2 amide bonds. The lowest BCUT2D eigenvalue weighted by Crippen LogP contribution is -2.38. The summed E-state index contributed by atoms with van der Waals surface area (Å²) in [5, 5.41) is 5.66. The second kappa shape index (κ2) is 12.2. The zero-order chi connectivity index (χ0) is 27.1. The van der Waals surface area contributed by atoms with E-state index in [4.69, 9.17) is 4.74 Å². The Morgan fingerprint density at radius 2 is 1.61 bits per heavy atom. The molecule has 1 fully saturated rings. The molecule has 0 unspecified atom stereocenters. The summed E-state index contributed by atoms with van der Waals surface area (Å²) in [5.74, 6) is -0.178. The minimum atomic E-state index is -3.76. The van der Waals surface area contributed by atoms with Crippen molar-refractivity contribution in [3.63, 3.8) is 0 Å². The number of nitrogens with zero attached hydrogens (tertiary/aromatic N) is 1. The third-order valence-corrected chi connectivity index (χ3v) is 8.65. The number of rotatable bonds is 9. The van der Waals surface area contributed by atoms with Gasteiger partial charge < -0.3 is 15.4 Å². The van der Waals surface area contributed by atoms with E-state index in [2.05, 4.69) is 17.6 Å². The predicted molar refractivity (Wildman–Crippen MR) is 147 cm³/mol. The maximum atomic E-state index is 13.3. The van der Waals surface area contributed by atoms with Gasteiger partial charge >= 0.3 is 0 Å². The normalized spacial score (nSPS) is 14.6. The first-order valence-electron chi connectivity index (χ1n) is 12.7. The molecule has 2 N–H and O–H groups in total. The highest BCUT2D eigenvalue weighted by Gasteiger charge is 2.29. The average Bonchev–Trinajstić information content (AvgIpc) is 2.93. The molecule has 1 saturated heterocycles. The van der Waals surface area contributed by atoms with Gasteiger partial charge in [-0.25, -0.2) is 8.42 Å². The van der Waals surface area contributed by atoms with Crippen molar-refractivity contribution in [2.24, 2.45) is 5.92 Å². The van der Waals surface area contributed by atoms with Crippen LogP contribution in [0.5, 0.6) is 5.75 Å². The Kier molecular flexibility index (Phi) is 8.81. The van der Waals surface area contributed by atoms with Gasteiger partial charge in [-0.15, -0.1) is 0 Å². The number of hydrogen-bond acceptors (Lipinski definition) is 5. The summed E-state index contributed by atoms with van der Waals surface area (Å²) in [6.07, 6.45) is 2.27. The first-order chi connectivity index (χ1) is 18.3. The van der Waals surface area contributed by atoms with Crippen LogP contribution in [0.25, 0.3) is 0 Å². The van der Waals surface area contributed by atoms with E-state index < -0.39 is 15.9 Å². The highest BCUT2D eigenvalue weighted by Crippen LogP contribution is 2.28. The van der Waals surface area contributed by atoms with E-state index in [9.17, 15) is 18.0 Å². The first-order valence-corrected chi connectivity index (χ1v) is 14.1. The number of ether oxygens (including phenoxy) is 1. The highest BCUT2D eigenvalue weighted by atomic mass is 32.2. The van der Waals surface area contributed by atoms with E-state index in [0.29, 0.717) is 43.2 Å². The van der Waals surface area contributed by atoms with Crippen LogP contribution in [0.2, 0.25) is 0 Å². The molecule has 0 aromatic heterocycles. The quantitative estimate of drug-likeness (QED) is 0.424. The number of benzene rings is 3. The largest absolute Gasteiger partial charge is 0.496 e. The van der Waals surface area contributed by atoms with E-state index >= 15 is 0 Å². The van der Waals surface area contributed by atoms with Gasteiger partial charge in [0.25, 0.3) is 11.8 Å². The molecule has 1 heterocycles. The first kappa shape index (κ1) is 27.3. The van der Waals surface area contributed by atoms with Gasteiger partial charge in [0.15, 0.2) is 0 Å². The zero-order valence-electron chi connectivity index (χ0n) is 21.6. The Hall–Kier alpha value is -3.69. The maximum Gasteiger partial charge on any atom is 0.259 e. The lowest BCUT2D eigenvalue weighted by Gasteiger charge is -2.29. The average molecular weight is 536 g/mol. The smallest absolute Gasteiger partial charge is 0.259 e. The summed E-state index contributed by atoms with van der Waals surface area (Å²) < 4.78 is 33.4. The van der Waals surface area contributed by atoms with Crippen molar-refractivity contribution in [3.05, 3.63) is 89.5 Å². The second-order valence-electron chi connectivity index (χ2n) is 9.44. The number of carbonyl (C=O) groups excluding carboxylic acids is 2. The monoisotopic (exact) mass is 535 g/mol. The van der Waals surface area contributed by atoms with Crippen molar-refractivity contribution >= 4 is 27.5 Å². The predicted octanol–water partition coefficient (Wildman–Crippen LogP) is 4.34. The summed E-state index contributed by atoms with van der Waals surface area (Å²) in [6, 6.07) is 20.8. The van der Waals surface area contributed by atoms with E-state index in [1.54, 1.807) is 24.3 Å². The van der Waals surface area contributed by atoms with Crippen LogP contribution in [0, 0.1) is 5.92 Å². The molecule has 0 spiro atoms. The van der Waals surface area contributed by atoms with Gasteiger partial charge in [-0.2, -0.15) is 4.31 Å². The Morgan fingerprint density at radius 1 is 0.921 bits per heavy atom. The van der Waals surface area contributed by atoms with Crippen LogP contribution in [0.1, 0.15) is 46.0 Å². The fourth-order valence-corrected chi connectivity index (χ4v) is 5.94. The molecule has 200 valence electrons. The molecule has 0 bridgehead atoms. The summed E-state index contributed by atoms with van der Waals surface area (Å²) >= 11 is 0. The Bertz CT molecular complexity index is 1380. The van der Waals surface area contributed by atoms with Gasteiger partial charge in [0.1, 0.15) is 5.75 Å². The minimum Gasteiger partial charge on any atom is -0.496 e. The number of piperidine rings is 1. The fraction of sp³-hybridized carbons (Fsp3) is 0.310. The van der Waals surface area contributed by atoms with Gasteiger partial charge in [-0.1, -0.05) is 49.4 Å². The van der Waals surface area contributed by atoms with Crippen molar-refractivity contribution in [1.82, 2.24) is 9.62 Å². The number of anilines is 1. The van der Waals surface area contributed by atoms with Crippen LogP contribution >= 0.6 is 0 Å². The molecule has 0 aliphatic carbocycles. The van der Waals surface area contributed by atoms with Crippen molar-refractivity contribution in [2.45, 2.75) is 31.1 Å². The Balaban J connectivity index is 1.51. The third-order valence-electron chi connectivity index (χ3n) is 6.76. The van der Waals surface area contributed by atoms with E-state index in [1.165, 1.54) is 29.6 Å². The van der Waals surface area contributed by atoms with Gasteiger partial charge in [-0.3, -0.25) is 9.59 Å². The number of methoxy groups -OCH3 is 1. The van der Waals surface area contributed by atoms with Crippen LogP contribution in [0.15, 0.2) is 77.7 Å². The van der Waals surface area contributed by atoms with Crippen molar-refractivity contribution in [2.75, 3.05) is 32.1 Å². The molecule has 3 aromatic carbocycles. The topological polar surface area (TPSA) is 105 Å². The van der Waals surface area contributed by atoms with Crippen molar-refractivity contribution in [1.29, 1.82) is 0 Å². The van der Waals surface area contributed by atoms with E-state index in [1.807, 2.05) is 30.3 Å². The molecule has 1 aliphatic heterocycles. The number of sulfonamides is 1. The SMILES string of the molecule is COc1ccc(S(=O)(=O)N2CCC(C)CC2)cc1C(=O)Nc1ccccc1C(=O)NCCc1ccccc1. The van der Waals surface area contributed by atoms with Crippen molar-refractivity contribution < 1.29 is 22.7 Å². The fourth-order valence-electron chi connectivity index (χ4n) is 4.44. The molecular weight excluding hydrogens is 502 g/mol. The summed E-state index contributed by atoms with van der Waals surface area (Å²) in [4.78, 5) is 26.3. The zero-order valence-corrected chi connectivity index (χ0v) is 22.5. The molecule has 0 radical (unpaired) electrons. The van der Waals surface area contributed by atoms with Crippen LogP contribution in [0.3, 0.4) is 0 Å². The summed E-state index contributed by atoms with van der Waals surface area (Å²) in [6.45, 7) is 3.45. The van der Waals surface area contributed by atoms with Crippen LogP contribution < -0.4 is 15.4 Å². The number of amides is 2. The van der Waals surface area contributed by atoms with Crippen LogP contribution in [0.4, 0.5) is 5.69 Å². The molecule has 38 heavy (non-hydrogen) atoms. The number of para-hydroxylation sites is 1. The number of hydrogen-bond donors (Lipinski definition) is 2. The molecule has 3 aromatic rings. The summed E-state index contributed by atoms with van der Waals surface area (Å²) in [7, 11) is -2.34. The summed E-state index contributed by atoms with van der Waals surface area (Å²) in [5.41, 5.74) is 1.79. The van der Waals surface area contributed by atoms with Crippen molar-refractivity contribution in [3.8, 4) is 5.75 Å². The molecule has 0 atom stereocenters. The van der Waals surface area contributed by atoms with Gasteiger partial charge in [0.2, 0.25) is 10.0 Å². The Morgan fingerprint density at radius 3 is 2.32 bits per heavy atom. The van der Waals surface area contributed by atoms with Gasteiger partial charge in [-0.05, 0) is 61.1 Å². The molecule has 8 nitrogen and oxygen atoms in total. The third kappa shape index (κ3) is 6.41. The van der Waals surface area contributed by atoms with Gasteiger partial charge in [0.05, 0.1) is 28.8 Å². The minimum absolute atomic E-state index is 0.0324. The maximum absolute atomic E-state index is 13.3. The lowest BCUT2D eigenvalue weighted by atomic mass is 10.0. The number of carbonyl (C=O) groups is 2. The van der Waals surface area contributed by atoms with E-state index in [-0.39, 0.29) is 22.1 Å². The molecule has 1 aliphatic rings. The molecule has 4 rings (SSSR count). The van der Waals surface area contributed by atoms with Gasteiger partial charge in [0, 0.05) is 19.6 Å². The van der Waals surface area contributed by atoms with E-state index in [0.717, 1.165) is 18.4 Å². The van der Waals surface area contributed by atoms with Crippen LogP contribution in [-0.2, 0) is 16.4 Å². The molecule has 0 saturated carbocycles. The van der Waals surface area contributed by atoms with Crippen LogP contribution in [-0.4, -0.2) is 51.3 Å². The standard InChI is InChI=1S/C29H33N3O5S/c1-21-15-18-32(19-16-21)38(35,36)23-12-13-27(37-2)25(20-23)29(34)31-26-11-7-6-10-24(26)28(33)30-17-14-22-8-4-3-5-9-22/h3-13,20-21H,14-19H2,1-2H3,(H,30,33)(H,31,34). The highest BCUT2D eigenvalue weighted by molar-refractivity contribution is 7.89. The lowest BCUT2D eigenvalue weighted by molar-refractivity contribution is 0.0955. The Labute approximate surface area is 224 Å². The number of nitrogens with one attached hydrogen (secondary N) is 2. The second-order valence-corrected chi connectivity index (χ2v) is 11.4. The molecular formula is C29H33N3O5S. The molecule has 9 heteroatoms.